The molecular weight excluding hydrogens is 425 g/mol. The van der Waals surface area contributed by atoms with Crippen molar-refractivity contribution in [2.75, 3.05) is 13.1 Å². The van der Waals surface area contributed by atoms with Crippen LogP contribution in [0.15, 0.2) is 22.7 Å². The molecule has 0 unspecified atom stereocenters. The van der Waals surface area contributed by atoms with Crippen molar-refractivity contribution in [3.05, 3.63) is 45.4 Å². The molecule has 4 rings (SSSR count). The molecule has 0 radical (unpaired) electrons. The number of carbonyl (C=O) groups excluding carboxylic acids is 1. The van der Waals surface area contributed by atoms with Gasteiger partial charge in [0.1, 0.15) is 11.4 Å². The van der Waals surface area contributed by atoms with Gasteiger partial charge in [0.2, 0.25) is 0 Å². The molecule has 0 aliphatic carbocycles. The lowest BCUT2D eigenvalue weighted by Gasteiger charge is -2.33. The lowest BCUT2D eigenvalue weighted by Crippen LogP contribution is -2.41. The van der Waals surface area contributed by atoms with E-state index < -0.39 is 5.60 Å². The van der Waals surface area contributed by atoms with Crippen molar-refractivity contribution in [2.24, 2.45) is 0 Å². The molecular formula is C21H25BrFN3O2. The minimum absolute atomic E-state index is 0.205. The SMILES string of the molecule is CC(C)(C)OC(=O)N1CCC(c2nn3c(c2Br)CCc2cc(F)ccc2-3)CC1. The molecule has 1 aromatic heterocycles. The highest BCUT2D eigenvalue weighted by molar-refractivity contribution is 9.10. The molecule has 0 saturated carbocycles. The Balaban J connectivity index is 1.52. The summed E-state index contributed by atoms with van der Waals surface area (Å²) in [4.78, 5) is 14.1. The molecule has 0 N–H and O–H groups in total. The van der Waals surface area contributed by atoms with Gasteiger partial charge in [0.25, 0.3) is 0 Å². The van der Waals surface area contributed by atoms with E-state index in [1.165, 1.54) is 6.07 Å². The number of halogens is 2. The number of nitrogens with zero attached hydrogens (tertiary/aromatic N) is 3. The molecule has 0 spiro atoms. The second-order valence-corrected chi connectivity index (χ2v) is 9.37. The second-order valence-electron chi connectivity index (χ2n) is 8.57. The maximum Gasteiger partial charge on any atom is 0.410 e. The first kappa shape index (κ1) is 19.4. The van der Waals surface area contributed by atoms with Crippen LogP contribution in [0, 0.1) is 5.82 Å². The smallest absolute Gasteiger partial charge is 0.410 e. The third-order valence-electron chi connectivity index (χ3n) is 5.38. The predicted octanol–water partition coefficient (Wildman–Crippen LogP) is 4.99. The summed E-state index contributed by atoms with van der Waals surface area (Å²) in [6.45, 7) is 6.97. The lowest BCUT2D eigenvalue weighted by atomic mass is 9.93. The fourth-order valence-electron chi connectivity index (χ4n) is 4.00. The molecule has 150 valence electrons. The molecule has 1 saturated heterocycles. The zero-order valence-electron chi connectivity index (χ0n) is 16.5. The standard InChI is InChI=1S/C21H25BrFN3O2/c1-21(2,3)28-20(27)25-10-8-13(9-11-25)19-18(22)17-6-4-14-12-15(23)5-7-16(14)26(17)24-19/h5,7,12-13H,4,6,8-11H2,1-3H3. The van der Waals surface area contributed by atoms with E-state index in [2.05, 4.69) is 15.9 Å². The van der Waals surface area contributed by atoms with E-state index in [4.69, 9.17) is 9.84 Å². The molecule has 1 fully saturated rings. The lowest BCUT2D eigenvalue weighted by molar-refractivity contribution is 0.0204. The number of benzene rings is 1. The van der Waals surface area contributed by atoms with E-state index in [-0.39, 0.29) is 17.8 Å². The Bertz CT molecular complexity index is 911. The third-order valence-corrected chi connectivity index (χ3v) is 6.24. The molecule has 2 aliphatic rings. The van der Waals surface area contributed by atoms with Crippen LogP contribution >= 0.6 is 15.9 Å². The number of aryl methyl sites for hydroxylation is 1. The Morgan fingerprint density at radius 1 is 1.25 bits per heavy atom. The van der Waals surface area contributed by atoms with Gasteiger partial charge in [-0.25, -0.2) is 13.9 Å². The van der Waals surface area contributed by atoms with Crippen molar-refractivity contribution in [3.8, 4) is 5.69 Å². The van der Waals surface area contributed by atoms with E-state index in [1.807, 2.05) is 31.5 Å². The van der Waals surface area contributed by atoms with E-state index in [0.717, 1.165) is 52.8 Å². The summed E-state index contributed by atoms with van der Waals surface area (Å²) in [7, 11) is 0. The van der Waals surface area contributed by atoms with Crippen LogP contribution in [0.4, 0.5) is 9.18 Å². The molecule has 28 heavy (non-hydrogen) atoms. The number of aromatic nitrogens is 2. The largest absolute Gasteiger partial charge is 0.444 e. The third kappa shape index (κ3) is 3.69. The predicted molar refractivity (Wildman–Crippen MR) is 108 cm³/mol. The van der Waals surface area contributed by atoms with Gasteiger partial charge in [-0.15, -0.1) is 0 Å². The van der Waals surface area contributed by atoms with E-state index >= 15 is 0 Å². The normalized spacial score (nSPS) is 17.2. The molecule has 0 bridgehead atoms. The molecule has 1 aromatic carbocycles. The second kappa shape index (κ2) is 7.17. The Morgan fingerprint density at radius 2 is 1.96 bits per heavy atom. The number of piperidine rings is 1. The van der Waals surface area contributed by atoms with Crippen molar-refractivity contribution < 1.29 is 13.9 Å². The van der Waals surface area contributed by atoms with E-state index in [1.54, 1.807) is 11.0 Å². The Labute approximate surface area is 173 Å². The number of carbonyl (C=O) groups is 1. The summed E-state index contributed by atoms with van der Waals surface area (Å²) in [5.41, 5.74) is 3.65. The summed E-state index contributed by atoms with van der Waals surface area (Å²) < 4.78 is 22.1. The van der Waals surface area contributed by atoms with Crippen LogP contribution < -0.4 is 0 Å². The molecule has 0 atom stereocenters. The van der Waals surface area contributed by atoms with Crippen molar-refractivity contribution >= 4 is 22.0 Å². The number of rotatable bonds is 1. The van der Waals surface area contributed by atoms with Gasteiger partial charge in [-0.3, -0.25) is 0 Å². The Morgan fingerprint density at radius 3 is 2.64 bits per heavy atom. The molecule has 2 aromatic rings. The van der Waals surface area contributed by atoms with Gasteiger partial charge in [0, 0.05) is 19.0 Å². The van der Waals surface area contributed by atoms with Gasteiger partial charge in [0.05, 0.1) is 21.5 Å². The first-order chi connectivity index (χ1) is 13.2. The fourth-order valence-corrected chi connectivity index (χ4v) is 4.77. The van der Waals surface area contributed by atoms with Crippen LogP contribution in [0.1, 0.15) is 56.5 Å². The summed E-state index contributed by atoms with van der Waals surface area (Å²) in [5, 5.41) is 4.89. The van der Waals surface area contributed by atoms with Gasteiger partial charge in [-0.2, -0.15) is 5.10 Å². The van der Waals surface area contributed by atoms with Crippen LogP contribution in [-0.4, -0.2) is 39.5 Å². The summed E-state index contributed by atoms with van der Waals surface area (Å²) in [6, 6.07) is 4.90. The monoisotopic (exact) mass is 449 g/mol. The fraction of sp³-hybridized carbons (Fsp3) is 0.524. The quantitative estimate of drug-likeness (QED) is 0.615. The molecule has 3 heterocycles. The highest BCUT2D eigenvalue weighted by Gasteiger charge is 2.32. The number of amides is 1. The molecule has 2 aliphatic heterocycles. The van der Waals surface area contributed by atoms with Crippen molar-refractivity contribution in [3.63, 3.8) is 0 Å². The topological polar surface area (TPSA) is 47.4 Å². The maximum absolute atomic E-state index is 13.6. The summed E-state index contributed by atoms with van der Waals surface area (Å²) in [6.07, 6.45) is 3.11. The van der Waals surface area contributed by atoms with Crippen LogP contribution in [0.5, 0.6) is 0 Å². The average Bonchev–Trinajstić information content (AvgIpc) is 2.97. The van der Waals surface area contributed by atoms with Crippen LogP contribution in [0.25, 0.3) is 5.69 Å². The van der Waals surface area contributed by atoms with Gasteiger partial charge < -0.3 is 9.64 Å². The van der Waals surface area contributed by atoms with Crippen LogP contribution in [0.2, 0.25) is 0 Å². The van der Waals surface area contributed by atoms with Gasteiger partial charge >= 0.3 is 6.09 Å². The zero-order valence-corrected chi connectivity index (χ0v) is 18.1. The minimum atomic E-state index is -0.479. The van der Waals surface area contributed by atoms with Crippen molar-refractivity contribution in [1.82, 2.24) is 14.7 Å². The highest BCUT2D eigenvalue weighted by atomic mass is 79.9. The maximum atomic E-state index is 13.6. The van der Waals surface area contributed by atoms with Crippen molar-refractivity contribution in [1.29, 1.82) is 0 Å². The van der Waals surface area contributed by atoms with Gasteiger partial charge in [-0.1, -0.05) is 0 Å². The first-order valence-electron chi connectivity index (χ1n) is 9.77. The number of ether oxygens (including phenoxy) is 1. The first-order valence-corrected chi connectivity index (χ1v) is 10.6. The minimum Gasteiger partial charge on any atom is -0.444 e. The van der Waals surface area contributed by atoms with E-state index in [9.17, 15) is 9.18 Å². The van der Waals surface area contributed by atoms with Gasteiger partial charge in [0.15, 0.2) is 0 Å². The Hall–Kier alpha value is -1.89. The van der Waals surface area contributed by atoms with Crippen LogP contribution in [-0.2, 0) is 17.6 Å². The van der Waals surface area contributed by atoms with Gasteiger partial charge in [-0.05, 0) is 86.1 Å². The highest BCUT2D eigenvalue weighted by Crippen LogP contribution is 2.38. The van der Waals surface area contributed by atoms with Crippen molar-refractivity contribution in [2.45, 2.75) is 58.0 Å². The average molecular weight is 450 g/mol. The Kier molecular flexibility index (Phi) is 4.98. The van der Waals surface area contributed by atoms with E-state index in [0.29, 0.717) is 13.1 Å². The number of hydrogen-bond acceptors (Lipinski definition) is 3. The molecule has 1 amide bonds. The van der Waals surface area contributed by atoms with Crippen LogP contribution in [0.3, 0.4) is 0 Å². The summed E-state index contributed by atoms with van der Waals surface area (Å²) >= 11 is 3.76. The number of hydrogen-bond donors (Lipinski definition) is 0. The molecule has 7 heteroatoms. The number of fused-ring (bicyclic) bond motifs is 3. The molecule has 5 nitrogen and oxygen atoms in total. The zero-order chi connectivity index (χ0) is 20.1. The number of likely N-dealkylation sites (tertiary alicyclic amines) is 1. The summed E-state index contributed by atoms with van der Waals surface area (Å²) in [5.74, 6) is 0.0817.